The maximum atomic E-state index is 12.1. The van der Waals surface area contributed by atoms with E-state index in [1.54, 1.807) is 18.2 Å². The van der Waals surface area contributed by atoms with E-state index < -0.39 is 9.84 Å². The van der Waals surface area contributed by atoms with Crippen molar-refractivity contribution >= 4 is 15.7 Å². The molecule has 0 aromatic heterocycles. The van der Waals surface area contributed by atoms with Crippen LogP contribution in [0.2, 0.25) is 0 Å². The van der Waals surface area contributed by atoms with Crippen molar-refractivity contribution in [2.24, 2.45) is 0 Å². The lowest BCUT2D eigenvalue weighted by Crippen LogP contribution is -2.26. The Labute approximate surface area is 137 Å². The van der Waals surface area contributed by atoms with Gasteiger partial charge < -0.3 is 5.32 Å². The highest BCUT2D eigenvalue weighted by Crippen LogP contribution is 2.08. The van der Waals surface area contributed by atoms with Crippen LogP contribution in [0.1, 0.15) is 27.9 Å². The molecule has 0 radical (unpaired) electrons. The van der Waals surface area contributed by atoms with Gasteiger partial charge in [0.25, 0.3) is 5.91 Å². The van der Waals surface area contributed by atoms with Crippen LogP contribution in [0.3, 0.4) is 0 Å². The van der Waals surface area contributed by atoms with Gasteiger partial charge in [-0.15, -0.1) is 0 Å². The minimum atomic E-state index is -3.16. The number of rotatable bonds is 7. The van der Waals surface area contributed by atoms with Crippen molar-refractivity contribution in [3.05, 3.63) is 71.3 Å². The number of aryl methyl sites for hydroxylation is 1. The number of amides is 1. The van der Waals surface area contributed by atoms with Gasteiger partial charge in [-0.05, 0) is 30.5 Å². The van der Waals surface area contributed by atoms with E-state index in [-0.39, 0.29) is 17.4 Å². The first-order chi connectivity index (χ1) is 11.0. The third kappa shape index (κ3) is 5.53. The zero-order valence-electron chi connectivity index (χ0n) is 13.2. The van der Waals surface area contributed by atoms with E-state index in [2.05, 4.69) is 5.32 Å². The van der Waals surface area contributed by atoms with Crippen molar-refractivity contribution in [3.63, 3.8) is 0 Å². The first-order valence-corrected chi connectivity index (χ1v) is 9.38. The van der Waals surface area contributed by atoms with Crippen LogP contribution < -0.4 is 5.32 Å². The quantitative estimate of drug-likeness (QED) is 0.794. The summed E-state index contributed by atoms with van der Waals surface area (Å²) in [5.74, 6) is -0.0567. The number of benzene rings is 2. The second-order valence-electron chi connectivity index (χ2n) is 5.50. The predicted molar refractivity (Wildman–Crippen MR) is 92.1 cm³/mol. The molecule has 1 amide bonds. The van der Waals surface area contributed by atoms with Gasteiger partial charge in [-0.1, -0.05) is 48.5 Å². The fourth-order valence-electron chi connectivity index (χ4n) is 2.32. The molecular weight excluding hydrogens is 310 g/mol. The molecular formula is C18H21NO3S. The number of carbonyl (C=O) groups is 1. The van der Waals surface area contributed by atoms with Gasteiger partial charge in [-0.2, -0.15) is 0 Å². The summed E-state index contributed by atoms with van der Waals surface area (Å²) in [6, 6.07) is 16.4. The van der Waals surface area contributed by atoms with Gasteiger partial charge in [0.1, 0.15) is 0 Å². The van der Waals surface area contributed by atoms with Crippen LogP contribution in [-0.2, 0) is 15.6 Å². The maximum Gasteiger partial charge on any atom is 0.251 e. The Morgan fingerprint density at radius 3 is 2.35 bits per heavy atom. The molecule has 0 heterocycles. The van der Waals surface area contributed by atoms with Crippen LogP contribution in [0.15, 0.2) is 54.6 Å². The molecule has 122 valence electrons. The van der Waals surface area contributed by atoms with E-state index in [4.69, 9.17) is 0 Å². The standard InChI is InChI=1S/C18H21NO3S/c1-15-8-5-6-11-17(15)18(20)19-12-7-13-23(21,22)14-16-9-3-2-4-10-16/h2-6,8-11H,7,12-14H2,1H3,(H,19,20). The second-order valence-corrected chi connectivity index (χ2v) is 7.69. The van der Waals surface area contributed by atoms with Crippen molar-refractivity contribution in [1.29, 1.82) is 0 Å². The minimum Gasteiger partial charge on any atom is -0.352 e. The Hall–Kier alpha value is -2.14. The fraction of sp³-hybridized carbons (Fsp3) is 0.278. The molecule has 0 bridgehead atoms. The third-order valence-corrected chi connectivity index (χ3v) is 5.22. The summed E-state index contributed by atoms with van der Waals surface area (Å²) in [4.78, 5) is 12.0. The normalized spacial score (nSPS) is 11.2. The van der Waals surface area contributed by atoms with E-state index in [1.807, 2.05) is 43.3 Å². The molecule has 0 aliphatic rings. The topological polar surface area (TPSA) is 63.2 Å². The van der Waals surface area contributed by atoms with Gasteiger partial charge in [0, 0.05) is 12.1 Å². The Kier molecular flexibility index (Phi) is 5.93. The van der Waals surface area contributed by atoms with E-state index in [0.29, 0.717) is 18.5 Å². The molecule has 1 N–H and O–H groups in total. The molecule has 0 fully saturated rings. The minimum absolute atomic E-state index is 0.0412. The van der Waals surface area contributed by atoms with Gasteiger partial charge in [0.05, 0.1) is 11.5 Å². The molecule has 2 aromatic rings. The Balaban J connectivity index is 1.79. The number of carbonyl (C=O) groups excluding carboxylic acids is 1. The summed E-state index contributed by atoms with van der Waals surface area (Å²) in [7, 11) is -3.16. The van der Waals surface area contributed by atoms with E-state index >= 15 is 0 Å². The molecule has 2 rings (SSSR count). The lowest BCUT2D eigenvalue weighted by atomic mass is 10.1. The average Bonchev–Trinajstić information content (AvgIpc) is 2.52. The predicted octanol–water partition coefficient (Wildman–Crippen LogP) is 2.73. The summed E-state index contributed by atoms with van der Waals surface area (Å²) in [6.45, 7) is 2.22. The highest BCUT2D eigenvalue weighted by atomic mass is 32.2. The highest BCUT2D eigenvalue weighted by molar-refractivity contribution is 7.90. The van der Waals surface area contributed by atoms with Gasteiger partial charge >= 0.3 is 0 Å². The molecule has 0 aliphatic heterocycles. The summed E-state index contributed by atoms with van der Waals surface area (Å²) in [5.41, 5.74) is 2.32. The molecule has 0 spiro atoms. The van der Waals surface area contributed by atoms with Gasteiger partial charge in [-0.3, -0.25) is 4.79 Å². The summed E-state index contributed by atoms with van der Waals surface area (Å²) in [5, 5.41) is 2.77. The van der Waals surface area contributed by atoms with Gasteiger partial charge in [-0.25, -0.2) is 8.42 Å². The molecule has 0 unspecified atom stereocenters. The number of hydrogen-bond acceptors (Lipinski definition) is 3. The lowest BCUT2D eigenvalue weighted by molar-refractivity contribution is 0.0953. The molecule has 0 saturated heterocycles. The van der Waals surface area contributed by atoms with Gasteiger partial charge in [0.15, 0.2) is 9.84 Å². The monoisotopic (exact) mass is 331 g/mol. The van der Waals surface area contributed by atoms with Crippen molar-refractivity contribution < 1.29 is 13.2 Å². The van der Waals surface area contributed by atoms with E-state index in [1.165, 1.54) is 0 Å². The maximum absolute atomic E-state index is 12.1. The zero-order valence-corrected chi connectivity index (χ0v) is 14.0. The zero-order chi connectivity index (χ0) is 16.7. The molecule has 2 aromatic carbocycles. The van der Waals surface area contributed by atoms with Crippen LogP contribution in [0.5, 0.6) is 0 Å². The molecule has 0 atom stereocenters. The van der Waals surface area contributed by atoms with Gasteiger partial charge in [0.2, 0.25) is 0 Å². The molecule has 4 nitrogen and oxygen atoms in total. The largest absolute Gasteiger partial charge is 0.352 e. The molecule has 23 heavy (non-hydrogen) atoms. The third-order valence-electron chi connectivity index (χ3n) is 3.54. The average molecular weight is 331 g/mol. The van der Waals surface area contributed by atoms with Crippen LogP contribution in [0, 0.1) is 6.92 Å². The van der Waals surface area contributed by atoms with Crippen molar-refractivity contribution in [3.8, 4) is 0 Å². The number of nitrogens with one attached hydrogen (secondary N) is 1. The first-order valence-electron chi connectivity index (χ1n) is 7.56. The summed E-state index contributed by atoms with van der Waals surface area (Å²) >= 11 is 0. The van der Waals surface area contributed by atoms with Crippen LogP contribution in [-0.4, -0.2) is 26.6 Å². The van der Waals surface area contributed by atoms with Crippen molar-refractivity contribution in [2.45, 2.75) is 19.1 Å². The SMILES string of the molecule is Cc1ccccc1C(=O)NCCCS(=O)(=O)Cc1ccccc1. The summed E-state index contributed by atoms with van der Waals surface area (Å²) < 4.78 is 24.1. The highest BCUT2D eigenvalue weighted by Gasteiger charge is 2.12. The van der Waals surface area contributed by atoms with Crippen LogP contribution >= 0.6 is 0 Å². The molecule has 0 saturated carbocycles. The number of sulfone groups is 1. The smallest absolute Gasteiger partial charge is 0.251 e. The molecule has 5 heteroatoms. The Bertz CT molecular complexity index is 755. The van der Waals surface area contributed by atoms with Crippen LogP contribution in [0.4, 0.5) is 0 Å². The lowest BCUT2D eigenvalue weighted by Gasteiger charge is -2.08. The first kappa shape index (κ1) is 17.2. The Morgan fingerprint density at radius 1 is 1.00 bits per heavy atom. The van der Waals surface area contributed by atoms with E-state index in [0.717, 1.165) is 11.1 Å². The van der Waals surface area contributed by atoms with Crippen LogP contribution in [0.25, 0.3) is 0 Å². The van der Waals surface area contributed by atoms with Crippen molar-refractivity contribution in [2.75, 3.05) is 12.3 Å². The molecule has 0 aliphatic carbocycles. The number of hydrogen-bond donors (Lipinski definition) is 1. The Morgan fingerprint density at radius 2 is 1.65 bits per heavy atom. The van der Waals surface area contributed by atoms with Crippen molar-refractivity contribution in [1.82, 2.24) is 5.32 Å². The fourth-order valence-corrected chi connectivity index (χ4v) is 3.75. The summed E-state index contributed by atoms with van der Waals surface area (Å²) in [6.07, 6.45) is 0.410. The second kappa shape index (κ2) is 7.92. The van der Waals surface area contributed by atoms with E-state index in [9.17, 15) is 13.2 Å².